The molecule has 3 rings (SSSR count). The van der Waals surface area contributed by atoms with Crippen molar-refractivity contribution in [1.82, 2.24) is 0 Å². The van der Waals surface area contributed by atoms with Crippen LogP contribution in [-0.4, -0.2) is 17.6 Å². The lowest BCUT2D eigenvalue weighted by atomic mass is 9.87. The van der Waals surface area contributed by atoms with Crippen LogP contribution in [-0.2, 0) is 6.18 Å². The summed E-state index contributed by atoms with van der Waals surface area (Å²) in [4.78, 5) is 9.79. The largest absolute Gasteiger partial charge is 0.419 e. The molecule has 10 heteroatoms. The predicted octanol–water partition coefficient (Wildman–Crippen LogP) is 4.12. The van der Waals surface area contributed by atoms with Crippen LogP contribution in [0, 0.1) is 0 Å². The van der Waals surface area contributed by atoms with E-state index in [1.165, 1.54) is 11.0 Å². The van der Waals surface area contributed by atoms with Gasteiger partial charge >= 0.3 is 6.18 Å². The van der Waals surface area contributed by atoms with E-state index in [-0.39, 0.29) is 17.6 Å². The number of nitrogens with zero attached hydrogens (tertiary/aromatic N) is 3. The molecule has 0 amide bonds. The first kappa shape index (κ1) is 18.1. The SMILES string of the molecule is NC1=NC2(CCCCC2)N(c2ccc(Cl)c(C(F)(F)F)c2Cl)C(N)=N1. The molecule has 2 aliphatic rings. The zero-order chi connectivity index (χ0) is 18.4. The molecule has 0 atom stereocenters. The summed E-state index contributed by atoms with van der Waals surface area (Å²) in [6, 6.07) is 2.55. The van der Waals surface area contributed by atoms with Crippen LogP contribution in [0.3, 0.4) is 0 Å². The Balaban J connectivity index is 2.19. The molecule has 0 aromatic heterocycles. The van der Waals surface area contributed by atoms with E-state index in [1.54, 1.807) is 0 Å². The van der Waals surface area contributed by atoms with Crippen molar-refractivity contribution in [2.24, 2.45) is 21.5 Å². The Morgan fingerprint density at radius 2 is 1.72 bits per heavy atom. The fourth-order valence-electron chi connectivity index (χ4n) is 3.44. The highest BCUT2D eigenvalue weighted by Gasteiger charge is 2.45. The topological polar surface area (TPSA) is 80.0 Å². The van der Waals surface area contributed by atoms with Crippen LogP contribution < -0.4 is 16.4 Å². The summed E-state index contributed by atoms with van der Waals surface area (Å²) in [7, 11) is 0. The molecule has 0 radical (unpaired) electrons. The summed E-state index contributed by atoms with van der Waals surface area (Å²) in [5.41, 5.74) is 9.85. The second-order valence-electron chi connectivity index (χ2n) is 6.07. The number of hydrogen-bond acceptors (Lipinski definition) is 5. The van der Waals surface area contributed by atoms with Crippen LogP contribution in [0.4, 0.5) is 18.9 Å². The number of aliphatic imine (C=N–C) groups is 2. The molecule has 136 valence electrons. The van der Waals surface area contributed by atoms with Gasteiger partial charge < -0.3 is 11.5 Å². The van der Waals surface area contributed by atoms with Gasteiger partial charge in [-0.2, -0.15) is 18.2 Å². The fraction of sp³-hybridized carbons (Fsp3) is 0.467. The number of guanidine groups is 2. The Kier molecular flexibility index (Phi) is 4.53. The number of hydrogen-bond donors (Lipinski definition) is 2. The van der Waals surface area contributed by atoms with Crippen LogP contribution in [0.15, 0.2) is 22.1 Å². The van der Waals surface area contributed by atoms with Crippen LogP contribution in [0.5, 0.6) is 0 Å². The molecule has 1 aromatic rings. The molecule has 25 heavy (non-hydrogen) atoms. The molecule has 1 heterocycles. The maximum atomic E-state index is 13.4. The minimum Gasteiger partial charge on any atom is -0.369 e. The predicted molar refractivity (Wildman–Crippen MR) is 93.0 cm³/mol. The lowest BCUT2D eigenvalue weighted by molar-refractivity contribution is -0.137. The van der Waals surface area contributed by atoms with Gasteiger partial charge in [-0.25, -0.2) is 4.99 Å². The molecule has 1 aromatic carbocycles. The first-order valence-electron chi connectivity index (χ1n) is 7.71. The van der Waals surface area contributed by atoms with E-state index in [9.17, 15) is 13.2 Å². The number of nitrogens with two attached hydrogens (primary N) is 2. The van der Waals surface area contributed by atoms with Crippen molar-refractivity contribution in [3.8, 4) is 0 Å². The van der Waals surface area contributed by atoms with Gasteiger partial charge in [0.05, 0.1) is 21.3 Å². The number of anilines is 1. The van der Waals surface area contributed by atoms with E-state index in [4.69, 9.17) is 34.7 Å². The lowest BCUT2D eigenvalue weighted by Crippen LogP contribution is -2.58. The van der Waals surface area contributed by atoms with Gasteiger partial charge in [0, 0.05) is 0 Å². The molecular formula is C15H16Cl2F3N5. The highest BCUT2D eigenvalue weighted by molar-refractivity contribution is 6.38. The third kappa shape index (κ3) is 3.13. The average molecular weight is 394 g/mol. The van der Waals surface area contributed by atoms with Gasteiger partial charge in [0.1, 0.15) is 5.66 Å². The van der Waals surface area contributed by atoms with Crippen LogP contribution >= 0.6 is 23.2 Å². The van der Waals surface area contributed by atoms with Crippen LogP contribution in [0.1, 0.15) is 37.7 Å². The zero-order valence-corrected chi connectivity index (χ0v) is 14.6. The first-order valence-corrected chi connectivity index (χ1v) is 8.46. The van der Waals surface area contributed by atoms with E-state index >= 15 is 0 Å². The molecular weight excluding hydrogens is 378 g/mol. The molecule has 1 spiro atoms. The van der Waals surface area contributed by atoms with E-state index in [1.807, 2.05) is 0 Å². The number of alkyl halides is 3. The van der Waals surface area contributed by atoms with Crippen molar-refractivity contribution < 1.29 is 13.2 Å². The second-order valence-corrected chi connectivity index (χ2v) is 6.86. The summed E-state index contributed by atoms with van der Waals surface area (Å²) in [6.07, 6.45) is -0.831. The quantitative estimate of drug-likeness (QED) is 0.752. The van der Waals surface area contributed by atoms with Crippen molar-refractivity contribution in [2.75, 3.05) is 4.90 Å². The summed E-state index contributed by atoms with van der Waals surface area (Å²) < 4.78 is 40.1. The van der Waals surface area contributed by atoms with Gasteiger partial charge in [-0.15, -0.1) is 0 Å². The lowest BCUT2D eigenvalue weighted by Gasteiger charge is -2.46. The molecule has 0 bridgehead atoms. The van der Waals surface area contributed by atoms with Gasteiger partial charge in [-0.1, -0.05) is 29.6 Å². The first-order chi connectivity index (χ1) is 11.7. The number of rotatable bonds is 1. The minimum atomic E-state index is -4.70. The Bertz CT molecular complexity index is 754. The fourth-order valence-corrected chi connectivity index (χ4v) is 4.11. The maximum absolute atomic E-state index is 13.4. The van der Waals surface area contributed by atoms with Crippen molar-refractivity contribution in [2.45, 2.75) is 43.9 Å². The Hall–Kier alpha value is -1.67. The molecule has 4 N–H and O–H groups in total. The van der Waals surface area contributed by atoms with Gasteiger partial charge in [0.2, 0.25) is 11.9 Å². The van der Waals surface area contributed by atoms with E-state index in [0.717, 1.165) is 25.3 Å². The van der Waals surface area contributed by atoms with E-state index in [2.05, 4.69) is 9.98 Å². The second kappa shape index (κ2) is 6.25. The monoisotopic (exact) mass is 393 g/mol. The third-order valence-electron chi connectivity index (χ3n) is 4.45. The van der Waals surface area contributed by atoms with Crippen molar-refractivity contribution >= 4 is 40.8 Å². The van der Waals surface area contributed by atoms with Gasteiger partial charge in [-0.3, -0.25) is 4.90 Å². The van der Waals surface area contributed by atoms with Crippen molar-refractivity contribution in [3.63, 3.8) is 0 Å². The normalized spacial score (nSPS) is 20.4. The van der Waals surface area contributed by atoms with Crippen molar-refractivity contribution in [1.29, 1.82) is 0 Å². The van der Waals surface area contributed by atoms with Gasteiger partial charge in [0.15, 0.2) is 0 Å². The molecule has 5 nitrogen and oxygen atoms in total. The van der Waals surface area contributed by atoms with E-state index < -0.39 is 27.4 Å². The summed E-state index contributed by atoms with van der Waals surface area (Å²) >= 11 is 11.8. The molecule has 1 aliphatic carbocycles. The minimum absolute atomic E-state index is 0.0109. The standard InChI is InChI=1S/C15H16Cl2F3N5/c16-8-4-5-9(11(17)10(8)15(18,19)20)25-13(22)23-12(21)24-14(25)6-2-1-3-7-14/h4-5H,1-3,6-7H2,(H4,21,22,23,24). The molecule has 1 aliphatic heterocycles. The highest BCUT2D eigenvalue weighted by Crippen LogP contribution is 2.47. The van der Waals surface area contributed by atoms with Gasteiger partial charge in [-0.05, 0) is 37.8 Å². The molecule has 0 unspecified atom stereocenters. The summed E-state index contributed by atoms with van der Waals surface area (Å²) in [5.74, 6) is -0.0245. The third-order valence-corrected chi connectivity index (χ3v) is 5.14. The van der Waals surface area contributed by atoms with Crippen LogP contribution in [0.2, 0.25) is 10.0 Å². The van der Waals surface area contributed by atoms with Crippen molar-refractivity contribution in [3.05, 3.63) is 27.7 Å². The van der Waals surface area contributed by atoms with Gasteiger partial charge in [0.25, 0.3) is 0 Å². The number of halogens is 5. The Labute approximate surface area is 152 Å². The Morgan fingerprint density at radius 3 is 2.32 bits per heavy atom. The maximum Gasteiger partial charge on any atom is 0.419 e. The van der Waals surface area contributed by atoms with Crippen LogP contribution in [0.25, 0.3) is 0 Å². The molecule has 1 saturated carbocycles. The molecule has 0 saturated heterocycles. The zero-order valence-electron chi connectivity index (χ0n) is 13.1. The van der Waals surface area contributed by atoms with E-state index in [0.29, 0.717) is 12.8 Å². The Morgan fingerprint density at radius 1 is 1.08 bits per heavy atom. The number of benzene rings is 1. The highest BCUT2D eigenvalue weighted by atomic mass is 35.5. The smallest absolute Gasteiger partial charge is 0.369 e. The average Bonchev–Trinajstić information content (AvgIpc) is 2.48. The summed E-state index contributed by atoms with van der Waals surface area (Å²) in [6.45, 7) is 0. The summed E-state index contributed by atoms with van der Waals surface area (Å²) in [5, 5.41) is -1.01. The molecule has 1 fully saturated rings.